The molecule has 0 radical (unpaired) electrons. The summed E-state index contributed by atoms with van der Waals surface area (Å²) in [4.78, 5) is 0. The van der Waals surface area contributed by atoms with Crippen molar-refractivity contribution in [2.24, 2.45) is 0 Å². The number of benzene rings is 1. The van der Waals surface area contributed by atoms with Crippen LogP contribution in [0.2, 0.25) is 0 Å². The minimum absolute atomic E-state index is 0.873. The number of hydrogen-bond acceptors (Lipinski definition) is 0. The van der Waals surface area contributed by atoms with Crippen LogP contribution in [-0.4, -0.2) is 0 Å². The fraction of sp³-hybridized carbons (Fsp3) is 0.381. The molecule has 0 fully saturated rings. The second kappa shape index (κ2) is 35.6. The zero-order valence-corrected chi connectivity index (χ0v) is 29.5. The normalized spacial score (nSPS) is 11.3. The molecule has 0 aliphatic rings. The molecule has 1 aromatic carbocycles. The molecule has 0 amide bonds. The van der Waals surface area contributed by atoms with Crippen LogP contribution < -0.4 is 0 Å². The molecule has 0 saturated carbocycles. The van der Waals surface area contributed by atoms with Crippen LogP contribution >= 0.6 is 0 Å². The Morgan fingerprint density at radius 2 is 1.40 bits per heavy atom. The van der Waals surface area contributed by atoms with E-state index in [9.17, 15) is 0 Å². The fourth-order valence-electron chi connectivity index (χ4n) is 3.49. The minimum atomic E-state index is 0.873. The predicted molar refractivity (Wildman–Crippen MR) is 201 cm³/mol. The molecule has 0 spiro atoms. The maximum absolute atomic E-state index is 4.48. The topological polar surface area (TPSA) is 0 Å². The first kappa shape index (κ1) is 45.6. The highest BCUT2D eigenvalue weighted by Crippen LogP contribution is 2.29. The summed E-state index contributed by atoms with van der Waals surface area (Å²) in [6.45, 7) is 38.6. The van der Waals surface area contributed by atoms with Gasteiger partial charge in [-0.15, -0.1) is 0 Å². The predicted octanol–water partition coefficient (Wildman–Crippen LogP) is 14.3. The molecule has 1 aromatic rings. The van der Waals surface area contributed by atoms with E-state index in [2.05, 4.69) is 120 Å². The van der Waals surface area contributed by atoms with Gasteiger partial charge in [0.2, 0.25) is 0 Å². The highest BCUT2D eigenvalue weighted by atomic mass is 14.1. The first-order valence-corrected chi connectivity index (χ1v) is 16.2. The van der Waals surface area contributed by atoms with Crippen molar-refractivity contribution in [3.8, 4) is 0 Å². The summed E-state index contributed by atoms with van der Waals surface area (Å²) >= 11 is 0. The first-order chi connectivity index (χ1) is 20.5. The van der Waals surface area contributed by atoms with E-state index in [1.54, 1.807) is 6.08 Å². The largest absolute Gasteiger partial charge is 0.0985 e. The molecule has 0 N–H and O–H groups in total. The lowest BCUT2D eigenvalue weighted by Crippen LogP contribution is -1.97. The van der Waals surface area contributed by atoms with E-state index in [4.69, 9.17) is 0 Å². The molecule has 0 aliphatic carbocycles. The summed E-state index contributed by atoms with van der Waals surface area (Å²) in [6, 6.07) is 8.64. The van der Waals surface area contributed by atoms with E-state index in [1.807, 2.05) is 67.5 Å². The molecular weight excluding hydrogens is 504 g/mol. The molecule has 0 saturated heterocycles. The summed E-state index contributed by atoms with van der Waals surface area (Å²) in [6.07, 6.45) is 27.7. The molecule has 0 bridgehead atoms. The summed E-state index contributed by atoms with van der Waals surface area (Å²) in [5.41, 5.74) is 8.23. The molecular formula is C42H66. The van der Waals surface area contributed by atoms with Gasteiger partial charge in [0, 0.05) is 0 Å². The zero-order chi connectivity index (χ0) is 33.2. The van der Waals surface area contributed by atoms with E-state index >= 15 is 0 Å². The molecule has 0 heteroatoms. The van der Waals surface area contributed by atoms with Crippen LogP contribution in [0.4, 0.5) is 0 Å². The van der Waals surface area contributed by atoms with Crippen molar-refractivity contribution in [1.82, 2.24) is 0 Å². The Morgan fingerprint density at radius 3 is 1.95 bits per heavy atom. The second-order valence-corrected chi connectivity index (χ2v) is 8.29. The maximum atomic E-state index is 4.48. The Labute approximate surface area is 264 Å². The van der Waals surface area contributed by atoms with Gasteiger partial charge in [0.25, 0.3) is 0 Å². The van der Waals surface area contributed by atoms with Gasteiger partial charge in [0.1, 0.15) is 0 Å². The molecule has 0 nitrogen and oxygen atoms in total. The van der Waals surface area contributed by atoms with Crippen LogP contribution in [0.3, 0.4) is 0 Å². The molecule has 234 valence electrons. The van der Waals surface area contributed by atoms with E-state index in [0.29, 0.717) is 0 Å². The van der Waals surface area contributed by atoms with Crippen molar-refractivity contribution in [3.63, 3.8) is 0 Å². The molecule has 0 atom stereocenters. The van der Waals surface area contributed by atoms with Crippen LogP contribution in [0.15, 0.2) is 140 Å². The van der Waals surface area contributed by atoms with Gasteiger partial charge in [-0.2, -0.15) is 0 Å². The second-order valence-electron chi connectivity index (χ2n) is 8.29. The third kappa shape index (κ3) is 23.3. The summed E-state index contributed by atoms with van der Waals surface area (Å²) in [7, 11) is 0. The monoisotopic (exact) mass is 571 g/mol. The number of allylic oxidation sites excluding steroid dienone is 16. The lowest BCUT2D eigenvalue weighted by atomic mass is 9.90. The van der Waals surface area contributed by atoms with E-state index < -0.39 is 0 Å². The van der Waals surface area contributed by atoms with Crippen molar-refractivity contribution < 1.29 is 0 Å². The van der Waals surface area contributed by atoms with Crippen molar-refractivity contribution in [2.45, 2.75) is 108 Å². The average Bonchev–Trinajstić information content (AvgIpc) is 3.05. The highest BCUT2D eigenvalue weighted by molar-refractivity contribution is 5.79. The highest BCUT2D eigenvalue weighted by Gasteiger charge is 2.09. The van der Waals surface area contributed by atoms with Gasteiger partial charge in [0.05, 0.1) is 0 Å². The Kier molecular flexibility index (Phi) is 38.7. The molecule has 0 aliphatic heterocycles. The lowest BCUT2D eigenvalue weighted by Gasteiger charge is -2.15. The van der Waals surface area contributed by atoms with Crippen molar-refractivity contribution >= 4 is 5.57 Å². The Hall–Kier alpha value is -3.38. The van der Waals surface area contributed by atoms with E-state index in [1.165, 1.54) is 22.3 Å². The van der Waals surface area contributed by atoms with Crippen LogP contribution in [0.25, 0.3) is 5.57 Å². The summed E-state index contributed by atoms with van der Waals surface area (Å²) in [5.74, 6) is 0. The maximum Gasteiger partial charge on any atom is -0.00636 e. The van der Waals surface area contributed by atoms with Crippen molar-refractivity contribution in [1.29, 1.82) is 0 Å². The molecule has 42 heavy (non-hydrogen) atoms. The van der Waals surface area contributed by atoms with E-state index in [-0.39, 0.29) is 0 Å². The van der Waals surface area contributed by atoms with Crippen LogP contribution in [0, 0.1) is 0 Å². The first-order valence-electron chi connectivity index (χ1n) is 16.2. The SMILES string of the molecule is C=CC(=C)/C=C(C=C)\C=C/C/C=C(\C)Cc1ccccc1C(=C)C(=C/C=C\C=C\CC)CCC.CC.CC.CC.CC. The van der Waals surface area contributed by atoms with Crippen molar-refractivity contribution in [2.75, 3.05) is 0 Å². The van der Waals surface area contributed by atoms with Crippen LogP contribution in [0.5, 0.6) is 0 Å². The van der Waals surface area contributed by atoms with Crippen molar-refractivity contribution in [3.05, 3.63) is 151 Å². The van der Waals surface area contributed by atoms with Gasteiger partial charge in [0.15, 0.2) is 0 Å². The van der Waals surface area contributed by atoms with Gasteiger partial charge in [-0.05, 0) is 72.1 Å². The quantitative estimate of drug-likeness (QED) is 0.145. The van der Waals surface area contributed by atoms with Gasteiger partial charge >= 0.3 is 0 Å². The molecule has 0 unspecified atom stereocenters. The van der Waals surface area contributed by atoms with Gasteiger partial charge in [-0.3, -0.25) is 0 Å². The third-order valence-corrected chi connectivity index (χ3v) is 5.37. The summed E-state index contributed by atoms with van der Waals surface area (Å²) in [5, 5.41) is 0. The van der Waals surface area contributed by atoms with Gasteiger partial charge in [-0.25, -0.2) is 0 Å². The van der Waals surface area contributed by atoms with Crippen LogP contribution in [0.1, 0.15) is 113 Å². The number of hydrogen-bond donors (Lipinski definition) is 0. The lowest BCUT2D eigenvalue weighted by molar-refractivity contribution is 0.930. The Balaban J connectivity index is -0.000000826. The molecule has 0 heterocycles. The minimum Gasteiger partial charge on any atom is -0.0985 e. The number of rotatable bonds is 15. The summed E-state index contributed by atoms with van der Waals surface area (Å²) < 4.78 is 0. The Morgan fingerprint density at radius 1 is 0.786 bits per heavy atom. The fourth-order valence-corrected chi connectivity index (χ4v) is 3.49. The Bertz CT molecular complexity index is 1010. The molecule has 1 rings (SSSR count). The standard InChI is InChI=1S/C34H42.4C2H6/c1-8-12-13-14-15-23-32(20-9-2)30(7)34-25-19-18-24-33(34)27-29(6)21-16-17-22-31(11-4)26-28(5)10-3;4*1-2/h10-15,17-19,21-26H,3-5,7-9,16,20,27H2,1-2,6H3;4*1-2H3/b13-12+,15-14-,22-17-,29-21+,31-26-,32-23?;;;;. The average molecular weight is 571 g/mol. The van der Waals surface area contributed by atoms with Gasteiger partial charge < -0.3 is 0 Å². The smallest absolute Gasteiger partial charge is 0.00636 e. The zero-order valence-electron chi connectivity index (χ0n) is 29.5. The van der Waals surface area contributed by atoms with Gasteiger partial charge in [-0.1, -0.05) is 193 Å². The van der Waals surface area contributed by atoms with E-state index in [0.717, 1.165) is 48.8 Å². The molecule has 0 aromatic heterocycles. The van der Waals surface area contributed by atoms with Crippen LogP contribution in [-0.2, 0) is 6.42 Å². The third-order valence-electron chi connectivity index (χ3n) is 5.37.